The van der Waals surface area contributed by atoms with Gasteiger partial charge < -0.3 is 0 Å². The Labute approximate surface area is 107 Å². The summed E-state index contributed by atoms with van der Waals surface area (Å²) in [5.74, 6) is 0. The second-order valence-corrected chi connectivity index (χ2v) is 5.90. The Morgan fingerprint density at radius 2 is 1.00 bits per heavy atom. The predicted molar refractivity (Wildman–Crippen MR) is 81.4 cm³/mol. The summed E-state index contributed by atoms with van der Waals surface area (Å²) in [6.45, 7) is 6.89. The number of hydrogen-bond acceptors (Lipinski definition) is 0. The van der Waals surface area contributed by atoms with Gasteiger partial charge in [-0.1, -0.05) is 59.3 Å². The second-order valence-electron chi connectivity index (χ2n) is 4.67. The van der Waals surface area contributed by atoms with Crippen LogP contribution in [0.3, 0.4) is 0 Å². The Hall–Kier alpha value is 0.780. The highest BCUT2D eigenvalue weighted by molar-refractivity contribution is 7.59. The summed E-state index contributed by atoms with van der Waals surface area (Å²) in [7, 11) is 3.17. The van der Waals surface area contributed by atoms with E-state index in [1.807, 2.05) is 0 Å². The first-order chi connectivity index (χ1) is 6.68. The zero-order chi connectivity index (χ0) is 10.9. The Morgan fingerprint density at radius 1 is 0.733 bits per heavy atom. The first-order valence-electron chi connectivity index (χ1n) is 6.47. The van der Waals surface area contributed by atoms with Crippen molar-refractivity contribution in [2.24, 2.45) is 0 Å². The maximum absolute atomic E-state index is 3.17. The van der Waals surface area contributed by atoms with Gasteiger partial charge in [0.1, 0.15) is 0 Å². The molecule has 0 radical (unpaired) electrons. The normalized spacial score (nSPS) is 11.2. The molecule has 0 fully saturated rings. The minimum atomic E-state index is 0. The minimum Gasteiger partial charge on any atom is -0.197 e. The Bertz CT molecular complexity index is 104. The van der Waals surface area contributed by atoms with Crippen molar-refractivity contribution in [2.45, 2.75) is 83.7 Å². The first kappa shape index (κ1) is 18.2. The molecular formula is C13H31PS. The summed E-state index contributed by atoms with van der Waals surface area (Å²) in [4.78, 5) is 0. The van der Waals surface area contributed by atoms with Gasteiger partial charge in [0.15, 0.2) is 0 Å². The van der Waals surface area contributed by atoms with Crippen molar-refractivity contribution < 1.29 is 0 Å². The van der Waals surface area contributed by atoms with Gasteiger partial charge in [0.05, 0.1) is 0 Å². The average Bonchev–Trinajstić information content (AvgIpc) is 2.21. The van der Waals surface area contributed by atoms with Gasteiger partial charge in [0.2, 0.25) is 0 Å². The maximum atomic E-state index is 3.17. The van der Waals surface area contributed by atoms with E-state index in [1.54, 1.807) is 0 Å². The predicted octanol–water partition coefficient (Wildman–Crippen LogP) is 5.28. The summed E-state index contributed by atoms with van der Waals surface area (Å²) in [5, 5.41) is 0.571. The molecule has 0 N–H and O–H groups in total. The van der Waals surface area contributed by atoms with E-state index < -0.39 is 0 Å². The Balaban J connectivity index is 0. The molecule has 0 nitrogen and oxygen atoms in total. The van der Waals surface area contributed by atoms with Crippen LogP contribution in [0.4, 0.5) is 0 Å². The molecule has 0 saturated carbocycles. The van der Waals surface area contributed by atoms with Crippen LogP contribution in [-0.2, 0) is 0 Å². The summed E-state index contributed by atoms with van der Waals surface area (Å²) in [5.41, 5.74) is 0. The molecule has 0 aromatic rings. The van der Waals surface area contributed by atoms with E-state index >= 15 is 0 Å². The molecule has 0 aromatic carbocycles. The van der Waals surface area contributed by atoms with Crippen LogP contribution in [0.2, 0.25) is 0 Å². The zero-order valence-electron chi connectivity index (χ0n) is 10.9. The van der Waals surface area contributed by atoms with Crippen molar-refractivity contribution in [1.82, 2.24) is 0 Å². The quantitative estimate of drug-likeness (QED) is 0.488. The third kappa shape index (κ3) is 9.69. The molecule has 0 saturated heterocycles. The van der Waals surface area contributed by atoms with E-state index in [-0.39, 0.29) is 13.5 Å². The van der Waals surface area contributed by atoms with Crippen LogP contribution in [0, 0.1) is 0 Å². The average molecular weight is 250 g/mol. The highest BCUT2D eigenvalue weighted by atomic mass is 32.1. The van der Waals surface area contributed by atoms with E-state index in [2.05, 4.69) is 30.0 Å². The SMILES string of the molecule is CCCCC(P)(CCCC)CCCC.S. The van der Waals surface area contributed by atoms with Gasteiger partial charge in [0.25, 0.3) is 0 Å². The molecule has 0 aromatic heterocycles. The van der Waals surface area contributed by atoms with E-state index in [9.17, 15) is 0 Å². The van der Waals surface area contributed by atoms with Crippen LogP contribution in [0.25, 0.3) is 0 Å². The standard InChI is InChI=1S/C13H29P.H2S/c1-4-7-10-13(14,11-8-5-2)12-9-6-3;/h4-12,14H2,1-3H3;1H2. The van der Waals surface area contributed by atoms with E-state index in [0.717, 1.165) is 0 Å². The summed E-state index contributed by atoms with van der Waals surface area (Å²) in [6.07, 6.45) is 12.5. The van der Waals surface area contributed by atoms with Crippen molar-refractivity contribution in [1.29, 1.82) is 0 Å². The lowest BCUT2D eigenvalue weighted by Gasteiger charge is -2.29. The highest BCUT2D eigenvalue weighted by Gasteiger charge is 2.22. The van der Waals surface area contributed by atoms with E-state index in [0.29, 0.717) is 5.16 Å². The van der Waals surface area contributed by atoms with E-state index in [1.165, 1.54) is 57.8 Å². The van der Waals surface area contributed by atoms with Gasteiger partial charge in [-0.15, -0.1) is 9.24 Å². The minimum absolute atomic E-state index is 0. The summed E-state index contributed by atoms with van der Waals surface area (Å²) in [6, 6.07) is 0. The second kappa shape index (κ2) is 11.3. The van der Waals surface area contributed by atoms with Crippen molar-refractivity contribution in [3.05, 3.63) is 0 Å². The molecule has 0 aliphatic heterocycles. The number of hydrogen-bond donors (Lipinski definition) is 0. The van der Waals surface area contributed by atoms with Crippen molar-refractivity contribution in [3.8, 4) is 0 Å². The zero-order valence-corrected chi connectivity index (χ0v) is 13.1. The fourth-order valence-corrected chi connectivity index (χ4v) is 2.57. The summed E-state index contributed by atoms with van der Waals surface area (Å²) < 4.78 is 0. The highest BCUT2D eigenvalue weighted by Crippen LogP contribution is 2.36. The van der Waals surface area contributed by atoms with Crippen molar-refractivity contribution in [3.63, 3.8) is 0 Å². The molecule has 0 heterocycles. The largest absolute Gasteiger partial charge is 0.197 e. The topological polar surface area (TPSA) is 0 Å². The van der Waals surface area contributed by atoms with Gasteiger partial charge in [-0.05, 0) is 24.4 Å². The van der Waals surface area contributed by atoms with Gasteiger partial charge in [-0.2, -0.15) is 13.5 Å². The van der Waals surface area contributed by atoms with Crippen LogP contribution in [0.15, 0.2) is 0 Å². The monoisotopic (exact) mass is 250 g/mol. The Kier molecular flexibility index (Phi) is 13.6. The molecule has 15 heavy (non-hydrogen) atoms. The Morgan fingerprint density at radius 3 is 1.20 bits per heavy atom. The van der Waals surface area contributed by atoms with Gasteiger partial charge in [-0.25, -0.2) is 0 Å². The van der Waals surface area contributed by atoms with Crippen LogP contribution in [0.5, 0.6) is 0 Å². The molecule has 1 unspecified atom stereocenters. The molecule has 0 bridgehead atoms. The molecule has 0 aliphatic rings. The first-order valence-corrected chi connectivity index (χ1v) is 7.05. The summed E-state index contributed by atoms with van der Waals surface area (Å²) >= 11 is 0. The number of unbranched alkanes of at least 4 members (excludes halogenated alkanes) is 3. The van der Waals surface area contributed by atoms with Crippen molar-refractivity contribution in [2.75, 3.05) is 0 Å². The molecule has 2 heteroatoms. The fourth-order valence-electron chi connectivity index (χ4n) is 1.96. The van der Waals surface area contributed by atoms with Crippen LogP contribution < -0.4 is 0 Å². The number of rotatable bonds is 9. The molecule has 0 aliphatic carbocycles. The molecule has 0 spiro atoms. The third-order valence-corrected chi connectivity index (χ3v) is 3.95. The lowest BCUT2D eigenvalue weighted by atomic mass is 9.90. The fraction of sp³-hybridized carbons (Fsp3) is 1.00. The lowest BCUT2D eigenvalue weighted by molar-refractivity contribution is 0.424. The molecule has 0 amide bonds. The van der Waals surface area contributed by atoms with Crippen LogP contribution in [0.1, 0.15) is 78.6 Å². The molecule has 94 valence electrons. The van der Waals surface area contributed by atoms with Crippen molar-refractivity contribution >= 4 is 22.7 Å². The van der Waals surface area contributed by atoms with Gasteiger partial charge >= 0.3 is 0 Å². The molecular weight excluding hydrogens is 219 g/mol. The van der Waals surface area contributed by atoms with Gasteiger partial charge in [0, 0.05) is 0 Å². The smallest absolute Gasteiger partial charge is 0.0150 e. The third-order valence-electron chi connectivity index (χ3n) is 3.08. The lowest BCUT2D eigenvalue weighted by Crippen LogP contribution is -2.20. The van der Waals surface area contributed by atoms with E-state index in [4.69, 9.17) is 0 Å². The molecule has 0 rings (SSSR count). The molecule has 1 atom stereocenters. The van der Waals surface area contributed by atoms with Gasteiger partial charge in [-0.3, -0.25) is 0 Å². The van der Waals surface area contributed by atoms with Crippen LogP contribution >= 0.6 is 22.7 Å². The maximum Gasteiger partial charge on any atom is -0.0150 e. The van der Waals surface area contributed by atoms with Crippen LogP contribution in [-0.4, -0.2) is 5.16 Å².